The van der Waals surface area contributed by atoms with Gasteiger partial charge in [0.15, 0.2) is 5.79 Å². The highest BCUT2D eigenvalue weighted by Crippen LogP contribution is 2.65. The molecule has 6 atom stereocenters. The first-order valence-corrected chi connectivity index (χ1v) is 14.4. The van der Waals surface area contributed by atoms with Gasteiger partial charge >= 0.3 is 0 Å². The van der Waals surface area contributed by atoms with Crippen LogP contribution in [0, 0.1) is 39.9 Å². The summed E-state index contributed by atoms with van der Waals surface area (Å²) in [7, 11) is 0. The van der Waals surface area contributed by atoms with E-state index in [2.05, 4.69) is 51.1 Å². The van der Waals surface area contributed by atoms with Crippen LogP contribution in [0.2, 0.25) is 0 Å². The maximum absolute atomic E-state index is 11.1. The van der Waals surface area contributed by atoms with Gasteiger partial charge < -0.3 is 14.6 Å². The SMILES string of the molecule is CC1(C)COC2(CCC3=C4C(c5ccc(CCC#N)cc5)CC5(C)C(O)CCC5C4CCC3C2)OC1. The number of nitrogens with zero attached hydrogens (tertiary/aromatic N) is 1. The molecule has 0 aromatic heterocycles. The van der Waals surface area contributed by atoms with Crippen LogP contribution in [0.3, 0.4) is 0 Å². The molecule has 1 aliphatic heterocycles. The second-order valence-corrected chi connectivity index (χ2v) is 13.6. The Morgan fingerprint density at radius 2 is 1.75 bits per heavy atom. The molecule has 0 amide bonds. The molecule has 1 aromatic rings. The van der Waals surface area contributed by atoms with E-state index in [0.29, 0.717) is 30.1 Å². The molecule has 5 aliphatic rings. The van der Waals surface area contributed by atoms with Gasteiger partial charge in [-0.2, -0.15) is 5.26 Å². The lowest BCUT2D eigenvalue weighted by molar-refractivity contribution is -0.312. The normalized spacial score (nSPS) is 38.7. The van der Waals surface area contributed by atoms with Crippen molar-refractivity contribution in [2.45, 2.75) is 103 Å². The third-order valence-electron chi connectivity index (χ3n) is 10.6. The summed E-state index contributed by atoms with van der Waals surface area (Å²) in [5.41, 5.74) is 6.17. The molecule has 194 valence electrons. The predicted octanol–water partition coefficient (Wildman–Crippen LogP) is 6.68. The molecule has 3 saturated carbocycles. The van der Waals surface area contributed by atoms with Gasteiger partial charge in [-0.1, -0.05) is 56.2 Å². The van der Waals surface area contributed by atoms with Crippen LogP contribution in [0.15, 0.2) is 35.4 Å². The van der Waals surface area contributed by atoms with Crippen molar-refractivity contribution >= 4 is 0 Å². The minimum absolute atomic E-state index is 0.00275. The molecule has 1 saturated heterocycles. The van der Waals surface area contributed by atoms with Crippen molar-refractivity contribution in [1.82, 2.24) is 0 Å². The summed E-state index contributed by atoms with van der Waals surface area (Å²) in [5.74, 6) is 1.74. The molecule has 4 heteroatoms. The van der Waals surface area contributed by atoms with Crippen LogP contribution in [0.4, 0.5) is 0 Å². The predicted molar refractivity (Wildman–Crippen MR) is 140 cm³/mol. The van der Waals surface area contributed by atoms with Crippen molar-refractivity contribution in [3.63, 3.8) is 0 Å². The fraction of sp³-hybridized carbons (Fsp3) is 0.719. The molecular weight excluding hydrogens is 446 g/mol. The van der Waals surface area contributed by atoms with E-state index < -0.39 is 0 Å². The summed E-state index contributed by atoms with van der Waals surface area (Å²) in [6, 6.07) is 11.4. The Balaban J connectivity index is 1.35. The third kappa shape index (κ3) is 4.07. The molecule has 1 spiro atoms. The first kappa shape index (κ1) is 24.7. The Bertz CT molecular complexity index is 1060. The monoisotopic (exact) mass is 489 g/mol. The van der Waals surface area contributed by atoms with E-state index in [1.54, 1.807) is 11.1 Å². The van der Waals surface area contributed by atoms with Crippen molar-refractivity contribution in [1.29, 1.82) is 5.26 Å². The Hall–Kier alpha value is -1.67. The number of allylic oxidation sites excluding steroid dienone is 2. The van der Waals surface area contributed by atoms with E-state index in [0.717, 1.165) is 58.2 Å². The van der Waals surface area contributed by atoms with Gasteiger partial charge in [-0.25, -0.2) is 0 Å². The van der Waals surface area contributed by atoms with E-state index >= 15 is 0 Å². The minimum Gasteiger partial charge on any atom is -0.393 e. The zero-order valence-corrected chi connectivity index (χ0v) is 22.4. The molecule has 1 heterocycles. The molecule has 1 aromatic carbocycles. The Morgan fingerprint density at radius 3 is 2.47 bits per heavy atom. The quantitative estimate of drug-likeness (QED) is 0.481. The van der Waals surface area contributed by atoms with Gasteiger partial charge in [0.1, 0.15) is 0 Å². The number of fused-ring (bicyclic) bond motifs is 4. The average Bonchev–Trinajstić information content (AvgIpc) is 3.18. The maximum atomic E-state index is 11.1. The number of aliphatic hydroxyl groups excluding tert-OH is 1. The summed E-state index contributed by atoms with van der Waals surface area (Å²) in [5, 5.41) is 20.1. The number of hydrogen-bond acceptors (Lipinski definition) is 4. The molecule has 1 N–H and O–H groups in total. The van der Waals surface area contributed by atoms with Gasteiger partial charge in [0.05, 0.1) is 25.4 Å². The van der Waals surface area contributed by atoms with Gasteiger partial charge in [0, 0.05) is 30.6 Å². The molecule has 6 rings (SSSR count). The van der Waals surface area contributed by atoms with Gasteiger partial charge in [0.25, 0.3) is 0 Å². The van der Waals surface area contributed by atoms with E-state index in [-0.39, 0.29) is 22.7 Å². The van der Waals surface area contributed by atoms with Crippen LogP contribution in [-0.4, -0.2) is 30.2 Å². The first-order valence-electron chi connectivity index (χ1n) is 14.4. The van der Waals surface area contributed by atoms with Crippen molar-refractivity contribution in [2.75, 3.05) is 13.2 Å². The van der Waals surface area contributed by atoms with Crippen LogP contribution in [-0.2, 0) is 15.9 Å². The van der Waals surface area contributed by atoms with Crippen LogP contribution < -0.4 is 0 Å². The number of hydrogen-bond donors (Lipinski definition) is 1. The summed E-state index contributed by atoms with van der Waals surface area (Å²) in [6.45, 7) is 8.40. The van der Waals surface area contributed by atoms with Crippen molar-refractivity contribution < 1.29 is 14.6 Å². The largest absolute Gasteiger partial charge is 0.393 e. The van der Waals surface area contributed by atoms with Gasteiger partial charge in [-0.05, 0) is 79.2 Å². The molecule has 4 nitrogen and oxygen atoms in total. The van der Waals surface area contributed by atoms with Crippen LogP contribution >= 0.6 is 0 Å². The van der Waals surface area contributed by atoms with Crippen LogP contribution in [0.5, 0.6) is 0 Å². The number of nitriles is 1. The molecule has 36 heavy (non-hydrogen) atoms. The summed E-state index contributed by atoms with van der Waals surface area (Å²) in [4.78, 5) is 0. The smallest absolute Gasteiger partial charge is 0.169 e. The third-order valence-corrected chi connectivity index (χ3v) is 10.6. The number of rotatable bonds is 3. The molecule has 4 aliphatic carbocycles. The zero-order valence-electron chi connectivity index (χ0n) is 22.4. The van der Waals surface area contributed by atoms with Crippen molar-refractivity contribution in [3.8, 4) is 6.07 Å². The Morgan fingerprint density at radius 1 is 1.00 bits per heavy atom. The van der Waals surface area contributed by atoms with E-state index in [1.807, 2.05) is 0 Å². The van der Waals surface area contributed by atoms with Crippen molar-refractivity contribution in [2.24, 2.45) is 28.6 Å². The first-order chi connectivity index (χ1) is 17.2. The highest BCUT2D eigenvalue weighted by molar-refractivity contribution is 5.41. The highest BCUT2D eigenvalue weighted by Gasteiger charge is 2.57. The second-order valence-electron chi connectivity index (χ2n) is 13.6. The molecule has 4 fully saturated rings. The zero-order chi connectivity index (χ0) is 25.1. The number of aliphatic hydroxyl groups is 1. The molecule has 0 radical (unpaired) electrons. The fourth-order valence-corrected chi connectivity index (χ4v) is 8.62. The summed E-state index contributed by atoms with van der Waals surface area (Å²) < 4.78 is 12.9. The van der Waals surface area contributed by atoms with Gasteiger partial charge in [-0.15, -0.1) is 0 Å². The lowest BCUT2D eigenvalue weighted by Gasteiger charge is -2.55. The topological polar surface area (TPSA) is 62.5 Å². The number of ether oxygens (including phenoxy) is 2. The minimum atomic E-state index is -0.387. The maximum Gasteiger partial charge on any atom is 0.169 e. The van der Waals surface area contributed by atoms with Gasteiger partial charge in [-0.3, -0.25) is 0 Å². The van der Waals surface area contributed by atoms with E-state index in [1.165, 1.54) is 24.0 Å². The number of aryl methyl sites for hydroxylation is 1. The lowest BCUT2D eigenvalue weighted by atomic mass is 9.52. The van der Waals surface area contributed by atoms with Gasteiger partial charge in [0.2, 0.25) is 0 Å². The summed E-state index contributed by atoms with van der Waals surface area (Å²) >= 11 is 0. The number of benzene rings is 1. The second kappa shape index (κ2) is 8.97. The Labute approximate surface area is 217 Å². The fourth-order valence-electron chi connectivity index (χ4n) is 8.62. The highest BCUT2D eigenvalue weighted by atomic mass is 16.7. The van der Waals surface area contributed by atoms with E-state index in [9.17, 15) is 5.11 Å². The lowest BCUT2D eigenvalue weighted by Crippen LogP contribution is -2.52. The van der Waals surface area contributed by atoms with Crippen LogP contribution in [0.1, 0.15) is 95.6 Å². The molecular formula is C32H43NO3. The standard InChI is InChI=1S/C32H43NO3/c1-30(2)19-35-32(36-20-30)15-14-24-23(17-32)10-11-25-27-12-13-28(34)31(27,3)18-26(29(24)25)22-8-6-21(7-9-22)5-4-16-33/h6-9,23,25-28,34H,4-5,10-15,17-20H2,1-3H3. The summed E-state index contributed by atoms with van der Waals surface area (Å²) in [6.07, 6.45) is 9.86. The van der Waals surface area contributed by atoms with E-state index in [4.69, 9.17) is 14.7 Å². The molecule has 0 bridgehead atoms. The van der Waals surface area contributed by atoms with Crippen molar-refractivity contribution in [3.05, 3.63) is 46.5 Å². The van der Waals surface area contributed by atoms with Crippen LogP contribution in [0.25, 0.3) is 0 Å². The average molecular weight is 490 g/mol. The molecule has 6 unspecified atom stereocenters. The Kier molecular flexibility index (Phi) is 6.14.